The maximum absolute atomic E-state index is 5.84. The third kappa shape index (κ3) is 3.71. The molecule has 6 nitrogen and oxygen atoms in total. The zero-order valence-corrected chi connectivity index (χ0v) is 16.4. The zero-order chi connectivity index (χ0) is 18.8. The molecule has 0 bridgehead atoms. The molecule has 0 aromatic carbocycles. The lowest BCUT2D eigenvalue weighted by Crippen LogP contribution is -2.18. The normalized spacial score (nSPS) is 23.7. The Labute approximate surface area is 165 Å². The summed E-state index contributed by atoms with van der Waals surface area (Å²) in [5.74, 6) is 0.749. The Kier molecular flexibility index (Phi) is 5.14. The van der Waals surface area contributed by atoms with Crippen LogP contribution in [0, 0.1) is 5.92 Å². The van der Waals surface area contributed by atoms with E-state index in [0.29, 0.717) is 0 Å². The third-order valence-corrected chi connectivity index (χ3v) is 6.12. The summed E-state index contributed by atoms with van der Waals surface area (Å²) >= 11 is 0. The van der Waals surface area contributed by atoms with Crippen LogP contribution >= 0.6 is 0 Å². The molecule has 148 valence electrons. The van der Waals surface area contributed by atoms with E-state index >= 15 is 0 Å². The van der Waals surface area contributed by atoms with Crippen LogP contribution < -0.4 is 5.32 Å². The molecule has 2 atom stereocenters. The Morgan fingerprint density at radius 3 is 3.00 bits per heavy atom. The van der Waals surface area contributed by atoms with Crippen molar-refractivity contribution in [1.29, 1.82) is 0 Å². The van der Waals surface area contributed by atoms with Crippen LogP contribution in [0.15, 0.2) is 36.8 Å². The smallest absolute Gasteiger partial charge is 0.150 e. The molecule has 0 saturated carbocycles. The number of nitrogens with one attached hydrogen (secondary N) is 1. The summed E-state index contributed by atoms with van der Waals surface area (Å²) in [6.07, 6.45) is 13.5. The second kappa shape index (κ2) is 8.05. The Bertz CT molecular complexity index is 916. The fourth-order valence-electron chi connectivity index (χ4n) is 4.51. The lowest BCUT2D eigenvalue weighted by atomic mass is 10.0. The second-order valence-electron chi connectivity index (χ2n) is 8.15. The van der Waals surface area contributed by atoms with Crippen molar-refractivity contribution >= 4 is 11.0 Å². The SMILES string of the molecule is c1nn(C2CCCCO2)cc1-c1ccc2c(ccn2CC2CCCNCC2)n1. The summed E-state index contributed by atoms with van der Waals surface area (Å²) in [4.78, 5) is 4.91. The molecule has 5 heterocycles. The van der Waals surface area contributed by atoms with Gasteiger partial charge in [0, 0.05) is 31.1 Å². The van der Waals surface area contributed by atoms with Crippen molar-refractivity contribution in [3.05, 3.63) is 36.8 Å². The van der Waals surface area contributed by atoms with Crippen LogP contribution in [0.1, 0.15) is 44.8 Å². The number of fused-ring (bicyclic) bond motifs is 1. The van der Waals surface area contributed by atoms with Crippen LogP contribution in [0.2, 0.25) is 0 Å². The van der Waals surface area contributed by atoms with Crippen molar-refractivity contribution in [3.8, 4) is 11.3 Å². The summed E-state index contributed by atoms with van der Waals surface area (Å²) in [5, 5.41) is 8.04. The molecule has 3 aromatic rings. The van der Waals surface area contributed by atoms with Gasteiger partial charge in [-0.25, -0.2) is 9.67 Å². The van der Waals surface area contributed by atoms with E-state index in [0.717, 1.165) is 61.8 Å². The van der Waals surface area contributed by atoms with Gasteiger partial charge in [0.25, 0.3) is 0 Å². The molecule has 6 heteroatoms. The summed E-state index contributed by atoms with van der Waals surface area (Å²) in [6, 6.07) is 6.47. The number of hydrogen-bond acceptors (Lipinski definition) is 4. The monoisotopic (exact) mass is 379 g/mol. The van der Waals surface area contributed by atoms with E-state index in [1.807, 2.05) is 10.9 Å². The Hall–Kier alpha value is -2.18. The van der Waals surface area contributed by atoms with Crippen LogP contribution in [-0.2, 0) is 11.3 Å². The molecule has 2 aliphatic rings. The first-order valence-electron chi connectivity index (χ1n) is 10.7. The Morgan fingerprint density at radius 2 is 2.07 bits per heavy atom. The van der Waals surface area contributed by atoms with Crippen LogP contribution in [0.3, 0.4) is 0 Å². The number of pyridine rings is 1. The standard InChI is InChI=1S/C22H29N5O/c1-2-13-28-22(5-1)27-16-18(14-24-27)19-6-7-21-20(25-19)9-12-26(21)15-17-4-3-10-23-11-8-17/h6-7,9,12,14,16-17,22-23H,1-5,8,10-11,13,15H2. The van der Waals surface area contributed by atoms with Crippen molar-refractivity contribution in [2.24, 2.45) is 5.92 Å². The van der Waals surface area contributed by atoms with Gasteiger partial charge in [-0.1, -0.05) is 0 Å². The van der Waals surface area contributed by atoms with Gasteiger partial charge in [-0.05, 0) is 75.7 Å². The topological polar surface area (TPSA) is 56.9 Å². The molecule has 2 unspecified atom stereocenters. The average Bonchev–Trinajstić information content (AvgIpc) is 3.30. The summed E-state index contributed by atoms with van der Waals surface area (Å²) in [7, 11) is 0. The minimum atomic E-state index is 0.0707. The van der Waals surface area contributed by atoms with E-state index in [-0.39, 0.29) is 6.23 Å². The second-order valence-corrected chi connectivity index (χ2v) is 8.15. The first kappa shape index (κ1) is 17.9. The molecule has 2 fully saturated rings. The number of ether oxygens (including phenoxy) is 1. The van der Waals surface area contributed by atoms with E-state index in [1.54, 1.807) is 0 Å². The minimum absolute atomic E-state index is 0.0707. The predicted molar refractivity (Wildman–Crippen MR) is 110 cm³/mol. The lowest BCUT2D eigenvalue weighted by Gasteiger charge is -2.22. The molecule has 5 rings (SSSR count). The van der Waals surface area contributed by atoms with Crippen molar-refractivity contribution in [2.75, 3.05) is 19.7 Å². The maximum Gasteiger partial charge on any atom is 0.150 e. The molecule has 0 spiro atoms. The third-order valence-electron chi connectivity index (χ3n) is 6.12. The zero-order valence-electron chi connectivity index (χ0n) is 16.4. The van der Waals surface area contributed by atoms with E-state index in [4.69, 9.17) is 9.72 Å². The van der Waals surface area contributed by atoms with E-state index in [2.05, 4.69) is 45.6 Å². The van der Waals surface area contributed by atoms with Gasteiger partial charge in [-0.2, -0.15) is 5.10 Å². The highest BCUT2D eigenvalue weighted by molar-refractivity contribution is 5.79. The molecular weight excluding hydrogens is 350 g/mol. The highest BCUT2D eigenvalue weighted by Crippen LogP contribution is 2.27. The van der Waals surface area contributed by atoms with Crippen LogP contribution in [0.4, 0.5) is 0 Å². The fourth-order valence-corrected chi connectivity index (χ4v) is 4.51. The largest absolute Gasteiger partial charge is 0.357 e. The molecule has 0 radical (unpaired) electrons. The number of hydrogen-bond donors (Lipinski definition) is 1. The predicted octanol–water partition coefficient (Wildman–Crippen LogP) is 3.99. The molecule has 0 aliphatic carbocycles. The molecule has 2 aliphatic heterocycles. The number of rotatable bonds is 4. The van der Waals surface area contributed by atoms with Gasteiger partial charge in [-0.3, -0.25) is 0 Å². The van der Waals surface area contributed by atoms with Crippen molar-refractivity contribution in [1.82, 2.24) is 24.6 Å². The van der Waals surface area contributed by atoms with E-state index in [9.17, 15) is 0 Å². The van der Waals surface area contributed by atoms with Crippen LogP contribution in [-0.4, -0.2) is 39.0 Å². The van der Waals surface area contributed by atoms with E-state index < -0.39 is 0 Å². The minimum Gasteiger partial charge on any atom is -0.357 e. The molecular formula is C22H29N5O. The van der Waals surface area contributed by atoms with Crippen molar-refractivity contribution < 1.29 is 4.74 Å². The average molecular weight is 380 g/mol. The van der Waals surface area contributed by atoms with Crippen molar-refractivity contribution in [2.45, 2.75) is 51.3 Å². The van der Waals surface area contributed by atoms with Gasteiger partial charge in [-0.15, -0.1) is 0 Å². The van der Waals surface area contributed by atoms with Crippen molar-refractivity contribution in [3.63, 3.8) is 0 Å². The number of aromatic nitrogens is 4. The quantitative estimate of drug-likeness (QED) is 0.745. The molecule has 1 N–H and O–H groups in total. The van der Waals surface area contributed by atoms with Gasteiger partial charge in [0.2, 0.25) is 0 Å². The highest BCUT2D eigenvalue weighted by Gasteiger charge is 2.18. The molecule has 3 aromatic heterocycles. The van der Waals surface area contributed by atoms with Gasteiger partial charge < -0.3 is 14.6 Å². The Balaban J connectivity index is 1.35. The van der Waals surface area contributed by atoms with Gasteiger partial charge >= 0.3 is 0 Å². The van der Waals surface area contributed by atoms with Gasteiger partial charge in [0.15, 0.2) is 0 Å². The highest BCUT2D eigenvalue weighted by atomic mass is 16.5. The lowest BCUT2D eigenvalue weighted by molar-refractivity contribution is -0.0394. The Morgan fingerprint density at radius 1 is 1.07 bits per heavy atom. The summed E-state index contributed by atoms with van der Waals surface area (Å²) < 4.78 is 10.2. The van der Waals surface area contributed by atoms with Gasteiger partial charge in [0.1, 0.15) is 6.23 Å². The number of nitrogens with zero attached hydrogens (tertiary/aromatic N) is 4. The molecule has 28 heavy (non-hydrogen) atoms. The maximum atomic E-state index is 5.84. The first-order chi connectivity index (χ1) is 13.9. The molecule has 0 amide bonds. The van der Waals surface area contributed by atoms with Crippen LogP contribution in [0.5, 0.6) is 0 Å². The summed E-state index contributed by atoms with van der Waals surface area (Å²) in [5.41, 5.74) is 4.32. The van der Waals surface area contributed by atoms with E-state index in [1.165, 1.54) is 31.2 Å². The fraction of sp³-hybridized carbons (Fsp3) is 0.545. The van der Waals surface area contributed by atoms with Gasteiger partial charge in [0.05, 0.1) is 22.9 Å². The first-order valence-corrected chi connectivity index (χ1v) is 10.7. The summed E-state index contributed by atoms with van der Waals surface area (Å²) in [6.45, 7) is 4.21. The van der Waals surface area contributed by atoms with Crippen LogP contribution in [0.25, 0.3) is 22.3 Å². The molecule has 2 saturated heterocycles.